The summed E-state index contributed by atoms with van der Waals surface area (Å²) in [7, 11) is 1.54. The second-order valence-corrected chi connectivity index (χ2v) is 8.78. The van der Waals surface area contributed by atoms with E-state index in [0.29, 0.717) is 42.5 Å². The van der Waals surface area contributed by atoms with Gasteiger partial charge in [-0.1, -0.05) is 46.8 Å². The van der Waals surface area contributed by atoms with Gasteiger partial charge in [-0.2, -0.15) is 0 Å². The average Bonchev–Trinajstić information content (AvgIpc) is 3.20. The Hall–Kier alpha value is -2.88. The van der Waals surface area contributed by atoms with E-state index < -0.39 is 0 Å². The van der Waals surface area contributed by atoms with Crippen LogP contribution in [0.5, 0.6) is 5.75 Å². The summed E-state index contributed by atoms with van der Waals surface area (Å²) < 4.78 is 5.80. The molecule has 2 aromatic carbocycles. The lowest BCUT2D eigenvalue weighted by Gasteiger charge is -2.04. The van der Waals surface area contributed by atoms with Gasteiger partial charge in [0.25, 0.3) is 5.91 Å². The van der Waals surface area contributed by atoms with Crippen LogP contribution >= 0.6 is 34.7 Å². The highest BCUT2D eigenvalue weighted by atomic mass is 35.5. The van der Waals surface area contributed by atoms with E-state index in [2.05, 4.69) is 20.5 Å². The van der Waals surface area contributed by atoms with Crippen LogP contribution in [0.1, 0.15) is 16.1 Å². The van der Waals surface area contributed by atoms with E-state index in [0.717, 1.165) is 5.69 Å². The number of methoxy groups -OCH3 is 1. The number of fused-ring (bicyclic) bond motifs is 1. The lowest BCUT2D eigenvalue weighted by Crippen LogP contribution is -2.11. The van der Waals surface area contributed by atoms with Crippen LogP contribution in [0, 0.1) is 0 Å². The van der Waals surface area contributed by atoms with Gasteiger partial charge < -0.3 is 9.72 Å². The molecule has 0 radical (unpaired) electrons. The number of hydrogen-bond acceptors (Lipinski definition) is 7. The van der Waals surface area contributed by atoms with Crippen LogP contribution in [0.2, 0.25) is 5.02 Å². The van der Waals surface area contributed by atoms with Crippen molar-refractivity contribution in [3.63, 3.8) is 0 Å². The number of thioether (sulfide) groups is 1. The minimum Gasteiger partial charge on any atom is -0.497 e. The van der Waals surface area contributed by atoms with Crippen molar-refractivity contribution in [1.29, 1.82) is 0 Å². The molecule has 0 saturated carbocycles. The molecule has 4 aromatic rings. The smallest absolute Gasteiger partial charge is 0.257 e. The Morgan fingerprint density at radius 2 is 2.07 bits per heavy atom. The molecule has 152 valence electrons. The summed E-state index contributed by atoms with van der Waals surface area (Å²) in [4.78, 5) is 27.9. The number of anilines is 1. The molecule has 0 fully saturated rings. The molecule has 2 heterocycles. The van der Waals surface area contributed by atoms with E-state index in [9.17, 15) is 9.59 Å². The first-order valence-electron chi connectivity index (χ1n) is 8.75. The van der Waals surface area contributed by atoms with Gasteiger partial charge in [-0.15, -0.1) is 10.2 Å². The Bertz CT molecular complexity index is 1290. The highest BCUT2D eigenvalue weighted by Gasteiger charge is 2.12. The predicted octanol–water partition coefficient (Wildman–Crippen LogP) is 4.59. The van der Waals surface area contributed by atoms with Gasteiger partial charge in [0.15, 0.2) is 9.77 Å². The predicted molar refractivity (Wildman–Crippen MR) is 120 cm³/mol. The van der Waals surface area contributed by atoms with Gasteiger partial charge in [-0.25, -0.2) is 0 Å². The van der Waals surface area contributed by atoms with E-state index in [1.165, 1.54) is 23.1 Å². The molecule has 1 amide bonds. The van der Waals surface area contributed by atoms with Gasteiger partial charge in [0, 0.05) is 28.5 Å². The van der Waals surface area contributed by atoms with Gasteiger partial charge in [-0.3, -0.25) is 14.9 Å². The largest absolute Gasteiger partial charge is 0.497 e. The minimum absolute atomic E-state index is 0.0923. The third-order valence-corrected chi connectivity index (χ3v) is 6.52. The summed E-state index contributed by atoms with van der Waals surface area (Å²) in [5, 5.41) is 12.3. The zero-order chi connectivity index (χ0) is 21.1. The lowest BCUT2D eigenvalue weighted by molar-refractivity contribution is 0.102. The molecule has 0 saturated heterocycles. The standard InChI is InChI=1S/C20H15ClN4O3S2/c1-28-13-5-2-4-11(8-13)18(27)23-19-24-25-20(30-19)29-10-12-9-16(26)14-6-3-7-15(21)17(14)22-12/h2-9H,10H2,1H3,(H,22,26)(H,23,24,27). The fourth-order valence-electron chi connectivity index (χ4n) is 2.76. The highest BCUT2D eigenvalue weighted by Crippen LogP contribution is 2.29. The molecule has 0 aliphatic rings. The quantitative estimate of drug-likeness (QED) is 0.324. The monoisotopic (exact) mass is 458 g/mol. The summed E-state index contributed by atoms with van der Waals surface area (Å²) >= 11 is 8.86. The Labute approximate surface area is 184 Å². The molecule has 30 heavy (non-hydrogen) atoms. The second-order valence-electron chi connectivity index (χ2n) is 6.17. The van der Waals surface area contributed by atoms with Crippen molar-refractivity contribution in [2.75, 3.05) is 12.4 Å². The third-order valence-electron chi connectivity index (χ3n) is 4.18. The molecule has 2 aromatic heterocycles. The Morgan fingerprint density at radius 1 is 1.23 bits per heavy atom. The van der Waals surface area contributed by atoms with Crippen LogP contribution in [0.4, 0.5) is 5.13 Å². The van der Waals surface area contributed by atoms with Gasteiger partial charge in [0.05, 0.1) is 17.6 Å². The Kier molecular flexibility index (Phi) is 6.03. The van der Waals surface area contributed by atoms with Crippen molar-refractivity contribution in [2.45, 2.75) is 10.1 Å². The fraction of sp³-hybridized carbons (Fsp3) is 0.100. The molecule has 4 rings (SSSR count). The van der Waals surface area contributed by atoms with Crippen molar-refractivity contribution in [2.24, 2.45) is 0 Å². The molecule has 2 N–H and O–H groups in total. The molecule has 0 unspecified atom stereocenters. The van der Waals surface area contributed by atoms with Gasteiger partial charge in [0.1, 0.15) is 5.75 Å². The first-order valence-corrected chi connectivity index (χ1v) is 10.9. The van der Waals surface area contributed by atoms with E-state index in [1.807, 2.05) is 0 Å². The van der Waals surface area contributed by atoms with Crippen LogP contribution < -0.4 is 15.5 Å². The first kappa shape index (κ1) is 20.4. The highest BCUT2D eigenvalue weighted by molar-refractivity contribution is 8.00. The number of halogens is 1. The van der Waals surface area contributed by atoms with Crippen molar-refractivity contribution >= 4 is 56.6 Å². The van der Waals surface area contributed by atoms with Crippen molar-refractivity contribution in [3.05, 3.63) is 75.0 Å². The number of rotatable bonds is 6. The van der Waals surface area contributed by atoms with Crippen molar-refractivity contribution in [1.82, 2.24) is 15.2 Å². The van der Waals surface area contributed by atoms with Crippen LogP contribution in [0.3, 0.4) is 0 Å². The normalized spacial score (nSPS) is 10.9. The topological polar surface area (TPSA) is 97.0 Å². The summed E-state index contributed by atoms with van der Waals surface area (Å²) in [5.74, 6) is 0.783. The summed E-state index contributed by atoms with van der Waals surface area (Å²) in [6.45, 7) is 0. The van der Waals surface area contributed by atoms with E-state index in [4.69, 9.17) is 16.3 Å². The molecular weight excluding hydrogens is 444 g/mol. The van der Waals surface area contributed by atoms with Crippen LogP contribution in [-0.4, -0.2) is 28.2 Å². The number of para-hydroxylation sites is 1. The number of carbonyl (C=O) groups excluding carboxylic acids is 1. The molecule has 7 nitrogen and oxygen atoms in total. The number of pyridine rings is 1. The summed E-state index contributed by atoms with van der Waals surface area (Å²) in [6.07, 6.45) is 0. The molecule has 0 bridgehead atoms. The van der Waals surface area contributed by atoms with E-state index in [-0.39, 0.29) is 11.3 Å². The third kappa shape index (κ3) is 4.48. The SMILES string of the molecule is COc1cccc(C(=O)Nc2nnc(SCc3cc(=O)c4cccc(Cl)c4[nH]3)s2)c1. The molecule has 0 aliphatic carbocycles. The number of benzene rings is 2. The lowest BCUT2D eigenvalue weighted by atomic mass is 10.2. The number of amides is 1. The van der Waals surface area contributed by atoms with Crippen molar-refractivity contribution in [3.8, 4) is 5.75 Å². The number of nitrogens with zero attached hydrogens (tertiary/aromatic N) is 2. The molecule has 10 heteroatoms. The zero-order valence-corrected chi connectivity index (χ0v) is 18.0. The number of aromatic nitrogens is 3. The van der Waals surface area contributed by atoms with Crippen LogP contribution in [-0.2, 0) is 5.75 Å². The maximum absolute atomic E-state index is 12.4. The second kappa shape index (κ2) is 8.86. The van der Waals surface area contributed by atoms with Gasteiger partial charge in [-0.05, 0) is 30.3 Å². The number of aromatic amines is 1. The first-order chi connectivity index (χ1) is 14.5. The Balaban J connectivity index is 1.44. The molecular formula is C20H15ClN4O3S2. The van der Waals surface area contributed by atoms with Crippen LogP contribution in [0.15, 0.2) is 57.7 Å². The number of ether oxygens (including phenoxy) is 1. The Morgan fingerprint density at radius 3 is 2.90 bits per heavy atom. The van der Waals surface area contributed by atoms with E-state index >= 15 is 0 Å². The van der Waals surface area contributed by atoms with Gasteiger partial charge >= 0.3 is 0 Å². The minimum atomic E-state index is -0.296. The maximum atomic E-state index is 12.4. The number of nitrogens with one attached hydrogen (secondary N) is 2. The fourth-order valence-corrected chi connectivity index (χ4v) is 4.64. The number of H-pyrrole nitrogens is 1. The molecule has 0 atom stereocenters. The van der Waals surface area contributed by atoms with Crippen LogP contribution in [0.25, 0.3) is 10.9 Å². The zero-order valence-electron chi connectivity index (χ0n) is 15.6. The summed E-state index contributed by atoms with van der Waals surface area (Å²) in [6, 6.07) is 13.6. The summed E-state index contributed by atoms with van der Waals surface area (Å²) in [5.41, 5.74) is 1.71. The number of hydrogen-bond donors (Lipinski definition) is 2. The molecule has 0 spiro atoms. The maximum Gasteiger partial charge on any atom is 0.257 e. The van der Waals surface area contributed by atoms with Crippen molar-refractivity contribution < 1.29 is 9.53 Å². The molecule has 0 aliphatic heterocycles. The number of carbonyl (C=O) groups is 1. The average molecular weight is 459 g/mol. The van der Waals surface area contributed by atoms with E-state index in [1.54, 1.807) is 55.6 Å². The van der Waals surface area contributed by atoms with Gasteiger partial charge in [0.2, 0.25) is 5.13 Å².